The Kier molecular flexibility index (Phi) is 29.9. The van der Waals surface area contributed by atoms with Crippen LogP contribution < -0.4 is 43.9 Å². The Balaban J connectivity index is 0.000000139. The number of halogens is 6. The number of methoxy groups -OCH3 is 2. The first kappa shape index (κ1) is 87.7. The molecule has 0 amide bonds. The number of ether oxygens (including phenoxy) is 3. The van der Waals surface area contributed by atoms with Gasteiger partial charge in [0.05, 0.1) is 53.9 Å². The third-order valence-electron chi connectivity index (χ3n) is 19.3. The zero-order chi connectivity index (χ0) is 84.3. The van der Waals surface area contributed by atoms with Crippen LogP contribution in [0.25, 0.3) is 67.5 Å². The summed E-state index contributed by atoms with van der Waals surface area (Å²) in [5, 5.41) is 2.14. The van der Waals surface area contributed by atoms with Crippen molar-refractivity contribution in [1.29, 1.82) is 0 Å². The molecule has 0 bridgehead atoms. The van der Waals surface area contributed by atoms with E-state index in [0.717, 1.165) is 196 Å². The number of nitrogens with two attached hydrogens (primary N) is 6. The first-order chi connectivity index (χ1) is 56.3. The smallest absolute Gasteiger partial charge is 0.416 e. The van der Waals surface area contributed by atoms with Gasteiger partial charge in [0.1, 0.15) is 11.5 Å². The van der Waals surface area contributed by atoms with Gasteiger partial charge in [0.25, 0.3) is 0 Å². The van der Waals surface area contributed by atoms with Crippen molar-refractivity contribution in [3.05, 3.63) is 237 Å². The van der Waals surface area contributed by atoms with Crippen LogP contribution in [0.2, 0.25) is 15.1 Å². The SMILES string of the molecule is CC(C)(C)Cc1cc(-c2ccc(Cl)cc2)nc(N)n1.COc1ccc(-c2cc(CC(C)(C)C)nc(N)n2)cc1.COc1ccc(-c2cc(CC3CC3)nc(N)n2)cc1.Nc1nc(CC2CC2)cc(-c2ccc(Cl)cc2)n1.Nc1nc(CC2CC2)cc(-c2cccc(C(F)(F)F)c2)n1.Nc1nc(CC2CCOCC2)cc(-c2ccc(Cl)cc2)n1. The molecule has 0 unspecified atom stereocenters. The van der Waals surface area contributed by atoms with E-state index in [1.807, 2.05) is 152 Å². The molecule has 3 saturated carbocycles. The van der Waals surface area contributed by atoms with Gasteiger partial charge in [-0.2, -0.15) is 13.2 Å². The van der Waals surface area contributed by atoms with Crippen molar-refractivity contribution in [2.75, 3.05) is 61.8 Å². The molecule has 21 nitrogen and oxygen atoms in total. The lowest BCUT2D eigenvalue weighted by atomic mass is 9.90. The summed E-state index contributed by atoms with van der Waals surface area (Å²) in [6.07, 6.45) is 10.8. The second-order valence-corrected chi connectivity index (χ2v) is 33.7. The molecule has 3 aliphatic carbocycles. The van der Waals surface area contributed by atoms with E-state index < -0.39 is 11.7 Å². The summed E-state index contributed by atoms with van der Waals surface area (Å²) in [5.74, 6) is 6.22. The monoisotopic (exact) mass is 1660 g/mol. The van der Waals surface area contributed by atoms with E-state index in [-0.39, 0.29) is 16.8 Å². The third kappa shape index (κ3) is 28.9. The first-order valence-corrected chi connectivity index (χ1v) is 40.5. The first-order valence-electron chi connectivity index (χ1n) is 39.4. The van der Waals surface area contributed by atoms with Crippen LogP contribution in [0, 0.1) is 34.5 Å². The van der Waals surface area contributed by atoms with Crippen LogP contribution >= 0.6 is 34.8 Å². The normalized spacial score (nSPS) is 13.9. The average molecular weight is 1660 g/mol. The van der Waals surface area contributed by atoms with E-state index in [0.29, 0.717) is 62.9 Å². The van der Waals surface area contributed by atoms with Crippen LogP contribution in [0.5, 0.6) is 11.5 Å². The summed E-state index contributed by atoms with van der Waals surface area (Å²) in [4.78, 5) is 51.3. The number of nitrogens with zero attached hydrogens (tertiary/aromatic N) is 12. The Bertz CT molecular complexity index is 5280. The highest BCUT2D eigenvalue weighted by Gasteiger charge is 2.31. The maximum absolute atomic E-state index is 12.8. The number of nitrogen functional groups attached to an aromatic ring is 6. The number of anilines is 6. The fraction of sp³-hybridized carbons (Fsp3) is 0.341. The molecule has 6 aromatic carbocycles. The largest absolute Gasteiger partial charge is 0.497 e. The number of benzene rings is 6. The molecule has 12 aromatic rings. The molecular weight excluding hydrogens is 1560 g/mol. The molecule has 6 aromatic heterocycles. The van der Waals surface area contributed by atoms with Crippen LogP contribution in [0.1, 0.15) is 133 Å². The Hall–Kier alpha value is -11.2. The van der Waals surface area contributed by atoms with Crippen molar-refractivity contribution < 1.29 is 27.4 Å². The number of aromatic nitrogens is 12. The molecule has 27 heteroatoms. The van der Waals surface area contributed by atoms with Crippen LogP contribution in [-0.4, -0.2) is 87.2 Å². The van der Waals surface area contributed by atoms with Gasteiger partial charge >= 0.3 is 6.18 Å². The van der Waals surface area contributed by atoms with E-state index in [2.05, 4.69) is 101 Å². The van der Waals surface area contributed by atoms with Crippen molar-refractivity contribution >= 4 is 70.5 Å². The maximum atomic E-state index is 12.8. The highest BCUT2D eigenvalue weighted by atomic mass is 35.5. The molecule has 0 spiro atoms. The van der Waals surface area contributed by atoms with E-state index >= 15 is 0 Å². The van der Waals surface area contributed by atoms with Crippen molar-refractivity contribution in [3.63, 3.8) is 0 Å². The molecular formula is C91H102Cl3F3N18O3. The average Bonchev–Trinajstić information content (AvgIpc) is 1.45. The number of alkyl halides is 3. The summed E-state index contributed by atoms with van der Waals surface area (Å²) in [6.45, 7) is 14.7. The van der Waals surface area contributed by atoms with Gasteiger partial charge in [0.15, 0.2) is 0 Å². The summed E-state index contributed by atoms with van der Waals surface area (Å²) in [7, 11) is 3.31. The van der Waals surface area contributed by atoms with Crippen molar-refractivity contribution in [1.82, 2.24) is 59.8 Å². The van der Waals surface area contributed by atoms with Gasteiger partial charge in [-0.05, 0) is 258 Å². The summed E-state index contributed by atoms with van der Waals surface area (Å²) in [6, 6.07) is 55.3. The Morgan fingerprint density at radius 3 is 0.822 bits per heavy atom. The molecule has 4 aliphatic rings. The Labute approximate surface area is 703 Å². The Morgan fingerprint density at radius 2 is 0.568 bits per heavy atom. The third-order valence-corrected chi connectivity index (χ3v) is 20.1. The van der Waals surface area contributed by atoms with Crippen molar-refractivity contribution in [2.45, 2.75) is 138 Å². The van der Waals surface area contributed by atoms with Crippen molar-refractivity contribution in [2.24, 2.45) is 34.5 Å². The van der Waals surface area contributed by atoms with E-state index in [1.54, 1.807) is 26.4 Å². The van der Waals surface area contributed by atoms with Gasteiger partial charge < -0.3 is 48.6 Å². The zero-order valence-electron chi connectivity index (χ0n) is 67.8. The zero-order valence-corrected chi connectivity index (χ0v) is 70.0. The van der Waals surface area contributed by atoms with E-state index in [9.17, 15) is 13.2 Å². The van der Waals surface area contributed by atoms with Crippen LogP contribution in [-0.2, 0) is 49.4 Å². The Morgan fingerprint density at radius 1 is 0.322 bits per heavy atom. The lowest BCUT2D eigenvalue weighted by Crippen LogP contribution is -2.18. The van der Waals surface area contributed by atoms with Crippen LogP contribution in [0.3, 0.4) is 0 Å². The van der Waals surface area contributed by atoms with Gasteiger partial charge in [-0.15, -0.1) is 0 Å². The fourth-order valence-electron chi connectivity index (χ4n) is 13.0. The number of hydrogen-bond acceptors (Lipinski definition) is 21. The van der Waals surface area contributed by atoms with Gasteiger partial charge in [0.2, 0.25) is 35.7 Å². The molecule has 1 saturated heterocycles. The van der Waals surface area contributed by atoms with E-state index in [4.69, 9.17) is 83.4 Å². The summed E-state index contributed by atoms with van der Waals surface area (Å²) < 4.78 is 54.0. The van der Waals surface area contributed by atoms with Gasteiger partial charge in [0, 0.05) is 95.8 Å². The van der Waals surface area contributed by atoms with Gasteiger partial charge in [-0.1, -0.05) is 125 Å². The molecule has 0 atom stereocenters. The molecule has 1 aliphatic heterocycles. The standard InChI is InChI=1S/C16H18ClN3O.C16H21N3O.C15H18ClN3.C15H14F3N3.C15H17N3O.C14H14ClN3/c17-13-3-1-12(2-4-13)15-10-14(19-16(18)20-15)9-11-5-7-21-8-6-11;1-16(2,3)10-12-9-14(19-15(17)18-12)11-5-7-13(20-4)8-6-11;1-15(2,3)9-12-8-13(19-14(17)18-12)10-4-6-11(16)7-5-10;16-15(17,18)11-3-1-2-10(7-11)13-8-12(6-9-4-5-9)20-14(19)21-13;1-19-13-6-4-11(5-7-13)14-9-12(8-10-2-3-10)17-15(16)18-14;15-11-5-3-10(4-6-11)13-8-12(7-9-1-2-9)17-14(16)18-13/h1-4,10-11H,5-9H2,(H2,18,19,20);5-9H,10H2,1-4H3,(H2,17,18,19);4-8H,9H2,1-3H3,(H2,17,18,19);1-3,7-9H,4-6H2,(H2,19,20,21);4-7,9-10H,2-3,8H2,1H3,(H2,16,17,18);3-6,8-9H,1-2,7H2,(H2,16,17,18). The molecule has 16 rings (SSSR count). The lowest BCUT2D eigenvalue weighted by Gasteiger charge is -2.21. The van der Waals surface area contributed by atoms with Gasteiger partial charge in [-0.25, -0.2) is 59.8 Å². The quantitative estimate of drug-likeness (QED) is 0.0465. The highest BCUT2D eigenvalue weighted by Crippen LogP contribution is 2.38. The minimum Gasteiger partial charge on any atom is -0.497 e. The summed E-state index contributed by atoms with van der Waals surface area (Å²) in [5.41, 5.74) is 50.3. The molecule has 0 radical (unpaired) electrons. The molecule has 4 fully saturated rings. The molecule has 7 heterocycles. The molecule has 118 heavy (non-hydrogen) atoms. The second kappa shape index (κ2) is 40.3. The minimum atomic E-state index is -4.37. The fourth-order valence-corrected chi connectivity index (χ4v) is 13.4. The van der Waals surface area contributed by atoms with Crippen molar-refractivity contribution in [3.8, 4) is 79.0 Å². The minimum absolute atomic E-state index is 0.0977. The second-order valence-electron chi connectivity index (χ2n) is 32.3. The number of rotatable bonds is 18. The van der Waals surface area contributed by atoms with Crippen LogP contribution in [0.15, 0.2) is 182 Å². The summed E-state index contributed by atoms with van der Waals surface area (Å²) >= 11 is 17.7. The molecule has 616 valence electrons. The predicted molar refractivity (Wildman–Crippen MR) is 467 cm³/mol. The highest BCUT2D eigenvalue weighted by molar-refractivity contribution is 6.31. The number of hydrogen-bond donors (Lipinski definition) is 6. The predicted octanol–water partition coefficient (Wildman–Crippen LogP) is 20.4. The van der Waals surface area contributed by atoms with Crippen LogP contribution in [0.4, 0.5) is 48.9 Å². The van der Waals surface area contributed by atoms with Gasteiger partial charge in [-0.3, -0.25) is 0 Å². The van der Waals surface area contributed by atoms with E-state index in [1.165, 1.54) is 44.6 Å². The maximum Gasteiger partial charge on any atom is 0.416 e. The molecule has 12 N–H and O–H groups in total. The lowest BCUT2D eigenvalue weighted by molar-refractivity contribution is -0.137. The topological polar surface area (TPSA) is 338 Å².